The first kappa shape index (κ1) is 22.6. The molecule has 0 spiro atoms. The Labute approximate surface area is 201 Å². The second-order valence-corrected chi connectivity index (χ2v) is 9.46. The van der Waals surface area contributed by atoms with Gasteiger partial charge in [0.1, 0.15) is 9.93 Å². The molecule has 1 fully saturated rings. The number of benzene rings is 2. The summed E-state index contributed by atoms with van der Waals surface area (Å²) in [6.07, 6.45) is 0. The molecule has 0 atom stereocenters. The third kappa shape index (κ3) is 4.08. The fourth-order valence-electron chi connectivity index (χ4n) is 3.57. The number of hydrogen-bond acceptors (Lipinski definition) is 7. The molecule has 1 N–H and O–H groups in total. The second kappa shape index (κ2) is 9.49. The second-order valence-electron chi connectivity index (χ2n) is 7.01. The highest BCUT2D eigenvalue weighted by Gasteiger charge is 2.39. The number of amides is 1. The van der Waals surface area contributed by atoms with Crippen LogP contribution < -0.4 is 10.2 Å². The number of thioether (sulfide) groups is 2. The number of carbonyl (C=O) groups excluding carboxylic acids is 1. The molecule has 6 nitrogen and oxygen atoms in total. The third-order valence-corrected chi connectivity index (χ3v) is 7.68. The van der Waals surface area contributed by atoms with Crippen molar-refractivity contribution in [1.29, 1.82) is 5.26 Å². The van der Waals surface area contributed by atoms with Crippen LogP contribution in [0.2, 0.25) is 5.02 Å². The minimum absolute atomic E-state index is 0.0578. The maximum atomic E-state index is 13.4. The van der Waals surface area contributed by atoms with Crippen LogP contribution in [-0.4, -0.2) is 35.6 Å². The van der Waals surface area contributed by atoms with Crippen molar-refractivity contribution in [3.8, 4) is 6.07 Å². The molecule has 1 saturated heterocycles. The summed E-state index contributed by atoms with van der Waals surface area (Å²) >= 11 is 9.19. The fraction of sp³-hybridized carbons (Fsp3) is 0.261. The smallest absolute Gasteiger partial charge is 0.269 e. The van der Waals surface area contributed by atoms with Crippen molar-refractivity contribution in [3.05, 3.63) is 56.9 Å². The molecule has 2 heterocycles. The lowest BCUT2D eigenvalue weighted by molar-refractivity contribution is -0.122. The zero-order valence-electron chi connectivity index (χ0n) is 18.0. The van der Waals surface area contributed by atoms with Gasteiger partial charge in [-0.1, -0.05) is 23.4 Å². The molecular formula is C23H22ClN5OS2. The Bertz CT molecular complexity index is 1190. The van der Waals surface area contributed by atoms with Crippen LogP contribution in [0.15, 0.2) is 56.2 Å². The number of carbonyl (C=O) groups is 1. The predicted octanol–water partition coefficient (Wildman–Crippen LogP) is 6.03. The van der Waals surface area contributed by atoms with E-state index in [0.717, 1.165) is 34.4 Å². The number of rotatable bonds is 5. The number of anilines is 2. The molecule has 0 unspecified atom stereocenters. The van der Waals surface area contributed by atoms with E-state index in [9.17, 15) is 10.1 Å². The van der Waals surface area contributed by atoms with Gasteiger partial charge in [-0.05, 0) is 68.9 Å². The molecule has 0 saturated carbocycles. The minimum Gasteiger partial charge on any atom is -0.384 e. The van der Waals surface area contributed by atoms with Gasteiger partial charge in [-0.3, -0.25) is 9.69 Å². The van der Waals surface area contributed by atoms with Crippen molar-refractivity contribution in [1.82, 2.24) is 4.90 Å². The molecule has 2 aliphatic heterocycles. The molecular weight excluding hydrogens is 462 g/mol. The maximum absolute atomic E-state index is 13.4. The highest BCUT2D eigenvalue weighted by Crippen LogP contribution is 2.51. The zero-order valence-corrected chi connectivity index (χ0v) is 20.4. The Hall–Kier alpha value is -2.60. The molecule has 0 radical (unpaired) electrons. The molecule has 2 aromatic rings. The quantitative estimate of drug-likeness (QED) is 0.523. The topological polar surface area (TPSA) is 71.7 Å². The molecule has 1 amide bonds. The summed E-state index contributed by atoms with van der Waals surface area (Å²) in [5, 5.41) is 14.8. The lowest BCUT2D eigenvalue weighted by Gasteiger charge is -2.19. The van der Waals surface area contributed by atoms with E-state index in [1.165, 1.54) is 11.8 Å². The number of amidine groups is 1. The van der Waals surface area contributed by atoms with E-state index in [-0.39, 0.29) is 5.91 Å². The highest BCUT2D eigenvalue weighted by molar-refractivity contribution is 8.19. The first-order chi connectivity index (χ1) is 15.5. The standard InChI is InChI=1S/C23H22ClN5OS2/c1-4-26-16-9-7-14(13-25)11-17(16)27-23-29(6-3)21(30)20(32-23)22-28(5-2)18-12-15(24)8-10-19(18)31-22/h7-12,26H,4-6H2,1-3H3/b22-20-,27-23?. The van der Waals surface area contributed by atoms with Gasteiger partial charge >= 0.3 is 0 Å². The van der Waals surface area contributed by atoms with Gasteiger partial charge in [-0.2, -0.15) is 5.26 Å². The average Bonchev–Trinajstić information content (AvgIpc) is 3.30. The summed E-state index contributed by atoms with van der Waals surface area (Å²) in [6.45, 7) is 7.96. The Morgan fingerprint density at radius 3 is 2.56 bits per heavy atom. The molecule has 2 aromatic carbocycles. The molecule has 2 aliphatic rings. The first-order valence-corrected chi connectivity index (χ1v) is 12.4. The highest BCUT2D eigenvalue weighted by atomic mass is 35.5. The van der Waals surface area contributed by atoms with E-state index in [1.807, 2.05) is 38.1 Å². The number of nitrogens with one attached hydrogen (secondary N) is 1. The van der Waals surface area contributed by atoms with Gasteiger partial charge < -0.3 is 10.2 Å². The van der Waals surface area contributed by atoms with Gasteiger partial charge in [0, 0.05) is 29.6 Å². The third-order valence-electron chi connectivity index (χ3n) is 5.06. The summed E-state index contributed by atoms with van der Waals surface area (Å²) in [5.74, 6) is -0.0578. The van der Waals surface area contributed by atoms with Crippen LogP contribution in [0.1, 0.15) is 26.3 Å². The van der Waals surface area contributed by atoms with Crippen molar-refractivity contribution >= 4 is 63.3 Å². The largest absolute Gasteiger partial charge is 0.384 e. The lowest BCUT2D eigenvalue weighted by Crippen LogP contribution is -2.29. The Kier molecular flexibility index (Phi) is 6.70. The summed E-state index contributed by atoms with van der Waals surface area (Å²) in [7, 11) is 0. The predicted molar refractivity (Wildman–Crippen MR) is 135 cm³/mol. The molecule has 0 aliphatic carbocycles. The van der Waals surface area contributed by atoms with Crippen LogP contribution in [0.3, 0.4) is 0 Å². The SMILES string of the molecule is CCNc1ccc(C#N)cc1N=C1S/C(=C2\Sc3ccc(Cl)cc3N2CC)C(=O)N1CC. The maximum Gasteiger partial charge on any atom is 0.269 e. The van der Waals surface area contributed by atoms with Crippen molar-refractivity contribution < 1.29 is 4.79 Å². The normalized spacial score (nSPS) is 19.0. The molecule has 0 bridgehead atoms. The number of hydrogen-bond donors (Lipinski definition) is 1. The van der Waals surface area contributed by atoms with Crippen LogP contribution in [0.25, 0.3) is 0 Å². The van der Waals surface area contributed by atoms with Gasteiger partial charge in [-0.25, -0.2) is 4.99 Å². The van der Waals surface area contributed by atoms with Crippen LogP contribution >= 0.6 is 35.1 Å². The summed E-state index contributed by atoms with van der Waals surface area (Å²) in [4.78, 5) is 23.7. The average molecular weight is 484 g/mol. The number of halogens is 1. The van der Waals surface area contributed by atoms with Gasteiger partial charge in [0.25, 0.3) is 5.91 Å². The number of likely N-dealkylation sites (N-methyl/N-ethyl adjacent to an activating group) is 1. The van der Waals surface area contributed by atoms with E-state index >= 15 is 0 Å². The zero-order chi connectivity index (χ0) is 22.8. The number of nitrogens with zero attached hydrogens (tertiary/aromatic N) is 4. The molecule has 32 heavy (non-hydrogen) atoms. The van der Waals surface area contributed by atoms with Gasteiger partial charge in [0.05, 0.1) is 28.7 Å². The lowest BCUT2D eigenvalue weighted by atomic mass is 10.2. The summed E-state index contributed by atoms with van der Waals surface area (Å²) in [6, 6.07) is 13.3. The van der Waals surface area contributed by atoms with Crippen LogP contribution in [0.4, 0.5) is 17.1 Å². The summed E-state index contributed by atoms with van der Waals surface area (Å²) in [5.41, 5.74) is 3.02. The molecule has 9 heteroatoms. The fourth-order valence-corrected chi connectivity index (χ4v) is 6.17. The van der Waals surface area contributed by atoms with E-state index < -0.39 is 0 Å². The van der Waals surface area contributed by atoms with Crippen LogP contribution in [-0.2, 0) is 4.79 Å². The van der Waals surface area contributed by atoms with E-state index in [0.29, 0.717) is 32.9 Å². The molecule has 164 valence electrons. The van der Waals surface area contributed by atoms with E-state index in [2.05, 4.69) is 23.2 Å². The van der Waals surface area contributed by atoms with Crippen LogP contribution in [0.5, 0.6) is 0 Å². The minimum atomic E-state index is -0.0578. The van der Waals surface area contributed by atoms with Crippen molar-refractivity contribution in [2.24, 2.45) is 4.99 Å². The Balaban J connectivity index is 1.77. The number of nitriles is 1. The van der Waals surface area contributed by atoms with Crippen LogP contribution in [0, 0.1) is 11.3 Å². The molecule has 4 rings (SSSR count). The van der Waals surface area contributed by atoms with Gasteiger partial charge in [-0.15, -0.1) is 0 Å². The van der Waals surface area contributed by atoms with Crippen molar-refractivity contribution in [3.63, 3.8) is 0 Å². The first-order valence-electron chi connectivity index (χ1n) is 10.4. The van der Waals surface area contributed by atoms with Gasteiger partial charge in [0.15, 0.2) is 5.17 Å². The number of aliphatic imine (C=N–C) groups is 1. The van der Waals surface area contributed by atoms with Crippen molar-refractivity contribution in [2.45, 2.75) is 25.7 Å². The Morgan fingerprint density at radius 2 is 1.88 bits per heavy atom. The molecule has 0 aromatic heterocycles. The van der Waals surface area contributed by atoms with Crippen molar-refractivity contribution in [2.75, 3.05) is 29.9 Å². The number of fused-ring (bicyclic) bond motifs is 1. The van der Waals surface area contributed by atoms with Gasteiger partial charge in [0.2, 0.25) is 0 Å². The van der Waals surface area contributed by atoms with E-state index in [1.54, 1.807) is 28.8 Å². The summed E-state index contributed by atoms with van der Waals surface area (Å²) < 4.78 is 0. The van der Waals surface area contributed by atoms with E-state index in [4.69, 9.17) is 16.6 Å². The Morgan fingerprint density at radius 1 is 1.09 bits per heavy atom. The monoisotopic (exact) mass is 483 g/mol.